The summed E-state index contributed by atoms with van der Waals surface area (Å²) in [5.41, 5.74) is 0. The van der Waals surface area contributed by atoms with E-state index in [-0.39, 0.29) is 6.10 Å². The lowest BCUT2D eigenvalue weighted by Crippen LogP contribution is -2.37. The molecule has 0 aromatic carbocycles. The molecule has 0 radical (unpaired) electrons. The lowest BCUT2D eigenvalue weighted by Gasteiger charge is -2.34. The Morgan fingerprint density at radius 3 is 2.77 bits per heavy atom. The van der Waals surface area contributed by atoms with Gasteiger partial charge in [-0.05, 0) is 11.4 Å². The van der Waals surface area contributed by atoms with Gasteiger partial charge in [-0.25, -0.2) is 0 Å². The fourth-order valence-corrected chi connectivity index (χ4v) is 1.75. The SMILES string of the molecule is [BH3-][N+](C)(C)CC[C@H](O)c1cccs1. The van der Waals surface area contributed by atoms with Crippen LogP contribution in [0.4, 0.5) is 0 Å². The third kappa shape index (κ3) is 3.94. The molecule has 1 aromatic rings. The summed E-state index contributed by atoms with van der Waals surface area (Å²) in [5.74, 6) is 0. The Bertz CT molecular complexity index is 243. The zero-order valence-corrected chi connectivity index (χ0v) is 8.34. The summed E-state index contributed by atoms with van der Waals surface area (Å²) in [5, 5.41) is 11.8. The number of aliphatic hydroxyl groups is 1. The highest BCUT2D eigenvalue weighted by molar-refractivity contribution is 7.10. The van der Waals surface area contributed by atoms with Crippen LogP contribution >= 0.6 is 11.3 Å². The fourth-order valence-electron chi connectivity index (χ4n) is 1.00. The molecule has 13 heavy (non-hydrogen) atoms. The van der Waals surface area contributed by atoms with Gasteiger partial charge in [-0.3, -0.25) is 0 Å². The van der Waals surface area contributed by atoms with Gasteiger partial charge in [0, 0.05) is 31.9 Å². The molecule has 0 saturated carbocycles. The molecule has 2 nitrogen and oxygen atoms in total. The average molecular weight is 199 g/mol. The summed E-state index contributed by atoms with van der Waals surface area (Å²) in [6.45, 7) is 1.11. The monoisotopic (exact) mass is 199 g/mol. The molecule has 0 bridgehead atoms. The highest BCUT2D eigenvalue weighted by Gasteiger charge is 2.10. The van der Waals surface area contributed by atoms with Crippen molar-refractivity contribution in [3.05, 3.63) is 22.4 Å². The topological polar surface area (TPSA) is 20.2 Å². The molecule has 0 spiro atoms. The predicted octanol–water partition coefficient (Wildman–Crippen LogP) is 0.528. The van der Waals surface area contributed by atoms with E-state index in [1.165, 1.54) is 0 Å². The van der Waals surface area contributed by atoms with Gasteiger partial charge in [-0.1, -0.05) is 6.07 Å². The Morgan fingerprint density at radius 1 is 1.62 bits per heavy atom. The Hall–Kier alpha value is -0.315. The molecule has 1 rings (SSSR count). The summed E-state index contributed by atoms with van der Waals surface area (Å²) in [6.07, 6.45) is 0.660. The quantitative estimate of drug-likeness (QED) is 0.701. The zero-order chi connectivity index (χ0) is 9.90. The standard InChI is InChI=1S/C9H18BNOS/c1-11(2,10)6-5-8(12)9-4-3-7-13-9/h3-4,7-8,12H,5-6H2,1-2,10H3/t8-/m0/s1. The van der Waals surface area contributed by atoms with E-state index >= 15 is 0 Å². The first kappa shape index (κ1) is 10.8. The largest absolute Gasteiger partial charge is 0.527 e. The highest BCUT2D eigenvalue weighted by Crippen LogP contribution is 2.21. The molecular weight excluding hydrogens is 181 g/mol. The van der Waals surface area contributed by atoms with Crippen LogP contribution in [0.1, 0.15) is 17.4 Å². The van der Waals surface area contributed by atoms with Crippen LogP contribution in [0.15, 0.2) is 17.5 Å². The van der Waals surface area contributed by atoms with Crippen molar-refractivity contribution in [2.24, 2.45) is 0 Å². The van der Waals surface area contributed by atoms with Gasteiger partial charge in [0.2, 0.25) is 0 Å². The van der Waals surface area contributed by atoms with E-state index in [1.807, 2.05) is 17.5 Å². The minimum absolute atomic E-state index is 0.240. The Labute approximate surface area is 84.8 Å². The van der Waals surface area contributed by atoms with E-state index in [4.69, 9.17) is 0 Å². The first-order valence-corrected chi connectivity index (χ1v) is 4.94. The Balaban J connectivity index is 2.39. The van der Waals surface area contributed by atoms with Gasteiger partial charge < -0.3 is 9.50 Å². The maximum atomic E-state index is 9.80. The average Bonchev–Trinajstić information content (AvgIpc) is 2.50. The van der Waals surface area contributed by atoms with Gasteiger partial charge in [-0.2, -0.15) is 0 Å². The first-order chi connectivity index (χ1) is 5.99. The minimum Gasteiger partial charge on any atom is -0.527 e. The van der Waals surface area contributed by atoms with E-state index in [0.717, 1.165) is 22.2 Å². The number of thiophene rings is 1. The third-order valence-electron chi connectivity index (χ3n) is 1.72. The molecule has 0 saturated heterocycles. The van der Waals surface area contributed by atoms with Crippen molar-refractivity contribution < 1.29 is 9.50 Å². The van der Waals surface area contributed by atoms with Crippen molar-refractivity contribution in [2.45, 2.75) is 12.5 Å². The van der Waals surface area contributed by atoms with Crippen LogP contribution in [0, 0.1) is 0 Å². The molecule has 4 heteroatoms. The van der Waals surface area contributed by atoms with E-state index in [2.05, 4.69) is 14.1 Å². The molecule has 0 aliphatic rings. The van der Waals surface area contributed by atoms with Crippen molar-refractivity contribution in [3.63, 3.8) is 0 Å². The van der Waals surface area contributed by atoms with Crippen LogP contribution in [0.2, 0.25) is 0 Å². The summed E-state index contributed by atoms with van der Waals surface area (Å²) < 4.78 is 1.16. The van der Waals surface area contributed by atoms with Crippen LogP contribution in [-0.4, -0.2) is 38.1 Å². The molecule has 0 aliphatic heterocycles. The van der Waals surface area contributed by atoms with Crippen molar-refractivity contribution >= 4 is 19.3 Å². The van der Waals surface area contributed by atoms with Gasteiger partial charge in [0.1, 0.15) is 0 Å². The fraction of sp³-hybridized carbons (Fsp3) is 0.556. The van der Waals surface area contributed by atoms with Crippen LogP contribution < -0.4 is 0 Å². The number of aliphatic hydroxyl groups excluding tert-OH is 1. The second kappa shape index (κ2) is 4.27. The number of hydrogen-bond acceptors (Lipinski definition) is 2. The molecule has 1 aromatic heterocycles. The lowest BCUT2D eigenvalue weighted by molar-refractivity contribution is -0.774. The third-order valence-corrected chi connectivity index (χ3v) is 2.69. The molecule has 1 atom stereocenters. The summed E-state index contributed by atoms with van der Waals surface area (Å²) in [6, 6.07) is 4.01. The van der Waals surface area contributed by atoms with Crippen LogP contribution in [0.5, 0.6) is 0 Å². The van der Waals surface area contributed by atoms with Gasteiger partial charge in [0.15, 0.2) is 7.98 Å². The van der Waals surface area contributed by atoms with Gasteiger partial charge in [0.05, 0.1) is 6.10 Å². The second-order valence-electron chi connectivity index (χ2n) is 3.12. The zero-order valence-electron chi connectivity index (χ0n) is 7.53. The molecule has 1 N–H and O–H groups in total. The summed E-state index contributed by atoms with van der Waals surface area (Å²) in [4.78, 5) is 1.11. The van der Waals surface area contributed by atoms with Crippen LogP contribution in [0.25, 0.3) is 0 Å². The maximum Gasteiger partial charge on any atom is 0.168 e. The lowest BCUT2D eigenvalue weighted by atomic mass is 10.1. The van der Waals surface area contributed by atoms with Gasteiger partial charge in [0.25, 0.3) is 0 Å². The summed E-state index contributed by atoms with van der Waals surface area (Å²) in [7, 11) is 4.83. The number of nitrogens with zero attached hydrogens (tertiary/aromatic N) is 1. The second-order valence-corrected chi connectivity index (χ2v) is 4.10. The maximum absolute atomic E-state index is 9.80. The number of quaternary nitrogens is 1. The first-order valence-electron chi connectivity index (χ1n) is 4.06. The van der Waals surface area contributed by atoms with Crippen molar-refractivity contribution in [1.82, 2.24) is 0 Å². The molecular formula is C9H18BNOS. The number of hydrogen-bond donors (Lipinski definition) is 1. The van der Waals surface area contributed by atoms with E-state index < -0.39 is 0 Å². The van der Waals surface area contributed by atoms with E-state index in [1.54, 1.807) is 11.3 Å². The normalized spacial score (nSPS) is 14.5. The molecule has 0 aliphatic carbocycles. The van der Waals surface area contributed by atoms with E-state index in [9.17, 15) is 5.11 Å². The highest BCUT2D eigenvalue weighted by atomic mass is 32.1. The molecule has 0 amide bonds. The van der Waals surface area contributed by atoms with Crippen molar-refractivity contribution in [2.75, 3.05) is 20.6 Å². The predicted molar refractivity (Wildman–Crippen MR) is 60.8 cm³/mol. The minimum atomic E-state index is -0.240. The van der Waals surface area contributed by atoms with E-state index in [0.29, 0.717) is 7.98 Å². The Morgan fingerprint density at radius 2 is 2.31 bits per heavy atom. The van der Waals surface area contributed by atoms with Gasteiger partial charge >= 0.3 is 0 Å². The van der Waals surface area contributed by atoms with Crippen molar-refractivity contribution in [3.8, 4) is 0 Å². The van der Waals surface area contributed by atoms with Crippen LogP contribution in [-0.2, 0) is 0 Å². The van der Waals surface area contributed by atoms with Gasteiger partial charge in [-0.15, -0.1) is 11.3 Å². The van der Waals surface area contributed by atoms with Crippen LogP contribution in [0.3, 0.4) is 0 Å². The molecule has 74 valence electrons. The molecule has 0 fully saturated rings. The number of rotatable bonds is 4. The molecule has 0 unspecified atom stereocenters. The Kier molecular flexibility index (Phi) is 3.53. The smallest absolute Gasteiger partial charge is 0.168 e. The molecule has 1 heterocycles. The summed E-state index contributed by atoms with van der Waals surface area (Å²) >= 11 is 1.65. The van der Waals surface area contributed by atoms with Crippen molar-refractivity contribution in [1.29, 1.82) is 0 Å².